The van der Waals surface area contributed by atoms with E-state index in [4.69, 9.17) is 16.2 Å². The molecule has 2 saturated heterocycles. The van der Waals surface area contributed by atoms with Gasteiger partial charge < -0.3 is 16.2 Å². The summed E-state index contributed by atoms with van der Waals surface area (Å²) in [5.74, 6) is -2.78. The van der Waals surface area contributed by atoms with Crippen LogP contribution in [0.3, 0.4) is 0 Å². The molecule has 0 aromatic heterocycles. The Morgan fingerprint density at radius 1 is 1.06 bits per heavy atom. The van der Waals surface area contributed by atoms with Gasteiger partial charge in [0.2, 0.25) is 5.91 Å². The fourth-order valence-electron chi connectivity index (χ4n) is 4.38. The summed E-state index contributed by atoms with van der Waals surface area (Å²) in [6, 6.07) is -1.11. The number of imide groups is 3. The zero-order valence-electron chi connectivity index (χ0n) is 18.7. The number of barbiturate groups is 1. The molecule has 11 nitrogen and oxygen atoms in total. The van der Waals surface area contributed by atoms with Crippen LogP contribution in [0.4, 0.5) is 4.79 Å². The van der Waals surface area contributed by atoms with Crippen LogP contribution in [-0.2, 0) is 23.9 Å². The number of amides is 6. The molecule has 6 amide bonds. The summed E-state index contributed by atoms with van der Waals surface area (Å²) in [6.45, 7) is 5.41. The Balaban J connectivity index is 1.72. The predicted molar refractivity (Wildman–Crippen MR) is 112 cm³/mol. The number of nitrogens with two attached hydrogens (primary N) is 2. The molecule has 2 aliphatic heterocycles. The molecule has 5 N–H and O–H groups in total. The van der Waals surface area contributed by atoms with Gasteiger partial charge in [-0.15, -0.1) is 0 Å². The third kappa shape index (κ3) is 4.08. The van der Waals surface area contributed by atoms with Crippen molar-refractivity contribution in [2.45, 2.75) is 77.5 Å². The largest absolute Gasteiger partial charge is 0.385 e. The highest BCUT2D eigenvalue weighted by Crippen LogP contribution is 2.35. The van der Waals surface area contributed by atoms with Crippen LogP contribution in [0.25, 0.3) is 0 Å². The Kier molecular flexibility index (Phi) is 6.59. The average molecular weight is 450 g/mol. The molecule has 1 saturated carbocycles. The molecule has 0 spiro atoms. The van der Waals surface area contributed by atoms with Crippen molar-refractivity contribution in [1.29, 1.82) is 0 Å². The van der Waals surface area contributed by atoms with Crippen LogP contribution in [0.5, 0.6) is 0 Å². The lowest BCUT2D eigenvalue weighted by Gasteiger charge is -2.41. The van der Waals surface area contributed by atoms with E-state index >= 15 is 0 Å². The first kappa shape index (κ1) is 23.7. The van der Waals surface area contributed by atoms with Crippen molar-refractivity contribution >= 4 is 29.7 Å². The van der Waals surface area contributed by atoms with Gasteiger partial charge in [0.15, 0.2) is 6.10 Å². The average Bonchev–Trinajstić information content (AvgIpc) is 2.90. The molecule has 1 unspecified atom stereocenters. The second-order valence-corrected chi connectivity index (χ2v) is 9.09. The standard InChI is InChI=1S/C21H31N5O6/c1-4-5-10-25-17(28)13(15(22)23)18(29)26(20(25)31)11-6-8-12(9-7-11)32-14-16(27)24-19(30)21(14,2)3/h11-12,14H,4-10,22-23H2,1-3H3,(H,24,27,30). The molecular formula is C21H31N5O6. The molecule has 1 atom stereocenters. The molecule has 11 heteroatoms. The number of hydrogen-bond donors (Lipinski definition) is 3. The van der Waals surface area contributed by atoms with E-state index < -0.39 is 47.1 Å². The van der Waals surface area contributed by atoms with E-state index in [1.807, 2.05) is 6.92 Å². The summed E-state index contributed by atoms with van der Waals surface area (Å²) in [5.41, 5.74) is 9.87. The quantitative estimate of drug-likeness (QED) is 0.291. The van der Waals surface area contributed by atoms with Gasteiger partial charge in [0.25, 0.3) is 17.7 Å². The molecule has 32 heavy (non-hydrogen) atoms. The Morgan fingerprint density at radius 2 is 1.69 bits per heavy atom. The van der Waals surface area contributed by atoms with Crippen molar-refractivity contribution < 1.29 is 28.7 Å². The Hall–Kier alpha value is -2.95. The van der Waals surface area contributed by atoms with Crippen molar-refractivity contribution in [2.75, 3.05) is 6.54 Å². The van der Waals surface area contributed by atoms with Gasteiger partial charge in [0.05, 0.1) is 11.5 Å². The van der Waals surface area contributed by atoms with Gasteiger partial charge in [-0.25, -0.2) is 4.79 Å². The van der Waals surface area contributed by atoms with Gasteiger partial charge in [0, 0.05) is 12.6 Å². The van der Waals surface area contributed by atoms with E-state index in [9.17, 15) is 24.0 Å². The number of nitrogens with one attached hydrogen (secondary N) is 1. The molecule has 0 bridgehead atoms. The highest BCUT2D eigenvalue weighted by molar-refractivity contribution is 6.29. The Labute approximate surface area is 186 Å². The van der Waals surface area contributed by atoms with Gasteiger partial charge in [0.1, 0.15) is 11.4 Å². The van der Waals surface area contributed by atoms with E-state index in [0.717, 1.165) is 16.2 Å². The fourth-order valence-corrected chi connectivity index (χ4v) is 4.38. The second kappa shape index (κ2) is 8.89. The van der Waals surface area contributed by atoms with Gasteiger partial charge in [-0.05, 0) is 46.0 Å². The van der Waals surface area contributed by atoms with E-state index in [1.54, 1.807) is 13.8 Å². The summed E-state index contributed by atoms with van der Waals surface area (Å²) in [4.78, 5) is 64.8. The van der Waals surface area contributed by atoms with Crippen LogP contribution >= 0.6 is 0 Å². The molecule has 0 aromatic carbocycles. The molecule has 0 aromatic rings. The van der Waals surface area contributed by atoms with Crippen LogP contribution in [0.2, 0.25) is 0 Å². The van der Waals surface area contributed by atoms with Crippen LogP contribution in [0.15, 0.2) is 11.4 Å². The number of rotatable bonds is 6. The normalized spacial score (nSPS) is 28.4. The topological polar surface area (TPSA) is 165 Å². The van der Waals surface area contributed by atoms with Gasteiger partial charge in [-0.1, -0.05) is 13.3 Å². The zero-order chi connectivity index (χ0) is 23.8. The third-order valence-corrected chi connectivity index (χ3v) is 6.41. The maximum absolute atomic E-state index is 13.0. The van der Waals surface area contributed by atoms with Crippen molar-refractivity contribution in [3.63, 3.8) is 0 Å². The Morgan fingerprint density at radius 3 is 2.19 bits per heavy atom. The van der Waals surface area contributed by atoms with E-state index in [2.05, 4.69) is 5.32 Å². The summed E-state index contributed by atoms with van der Waals surface area (Å²) in [5, 5.41) is 2.29. The first-order valence-corrected chi connectivity index (χ1v) is 11.0. The van der Waals surface area contributed by atoms with Crippen molar-refractivity contribution in [1.82, 2.24) is 15.1 Å². The van der Waals surface area contributed by atoms with Crippen molar-refractivity contribution in [2.24, 2.45) is 16.9 Å². The lowest BCUT2D eigenvalue weighted by atomic mass is 9.87. The SMILES string of the molecule is CCCCN1C(=O)C(=C(N)N)C(=O)N(C2CCC(OC3C(=O)NC(=O)C3(C)C)CC2)C1=O. The van der Waals surface area contributed by atoms with Gasteiger partial charge in [-0.3, -0.25) is 34.3 Å². The highest BCUT2D eigenvalue weighted by Gasteiger charge is 2.51. The van der Waals surface area contributed by atoms with Crippen LogP contribution in [-0.4, -0.2) is 64.3 Å². The minimum atomic E-state index is -0.967. The summed E-state index contributed by atoms with van der Waals surface area (Å²) in [6.07, 6.45) is 1.99. The summed E-state index contributed by atoms with van der Waals surface area (Å²) in [7, 11) is 0. The second-order valence-electron chi connectivity index (χ2n) is 9.09. The molecular weight excluding hydrogens is 418 g/mol. The van der Waals surface area contributed by atoms with Crippen LogP contribution in [0.1, 0.15) is 59.3 Å². The van der Waals surface area contributed by atoms with E-state index in [0.29, 0.717) is 32.1 Å². The fraction of sp³-hybridized carbons (Fsp3) is 0.667. The first-order chi connectivity index (χ1) is 15.0. The Bertz CT molecular complexity index is 870. The van der Waals surface area contributed by atoms with E-state index in [1.165, 1.54) is 0 Å². The number of nitrogens with zero attached hydrogens (tertiary/aromatic N) is 2. The minimum absolute atomic E-state index is 0.174. The molecule has 176 valence electrons. The first-order valence-electron chi connectivity index (χ1n) is 11.0. The highest BCUT2D eigenvalue weighted by atomic mass is 16.5. The van der Waals surface area contributed by atoms with Gasteiger partial charge >= 0.3 is 6.03 Å². The molecule has 3 rings (SSSR count). The third-order valence-electron chi connectivity index (χ3n) is 6.41. The zero-order valence-corrected chi connectivity index (χ0v) is 18.7. The lowest BCUT2D eigenvalue weighted by Crippen LogP contribution is -2.61. The van der Waals surface area contributed by atoms with E-state index in [-0.39, 0.29) is 24.1 Å². The van der Waals surface area contributed by atoms with Crippen molar-refractivity contribution in [3.05, 3.63) is 11.4 Å². The van der Waals surface area contributed by atoms with Gasteiger partial charge in [-0.2, -0.15) is 0 Å². The minimum Gasteiger partial charge on any atom is -0.385 e. The number of urea groups is 1. The monoisotopic (exact) mass is 449 g/mol. The van der Waals surface area contributed by atoms with Crippen LogP contribution < -0.4 is 16.8 Å². The maximum atomic E-state index is 13.0. The smallest absolute Gasteiger partial charge is 0.334 e. The number of unbranched alkanes of at least 4 members (excludes halogenated alkanes) is 1. The molecule has 0 radical (unpaired) electrons. The number of carbonyl (C=O) groups excluding carboxylic acids is 5. The number of ether oxygens (including phenoxy) is 1. The molecule has 2 heterocycles. The van der Waals surface area contributed by atoms with Crippen molar-refractivity contribution in [3.8, 4) is 0 Å². The predicted octanol–water partition coefficient (Wildman–Crippen LogP) is 0.0853. The maximum Gasteiger partial charge on any atom is 0.334 e. The number of hydrogen-bond acceptors (Lipinski definition) is 8. The summed E-state index contributed by atoms with van der Waals surface area (Å²) >= 11 is 0. The lowest BCUT2D eigenvalue weighted by molar-refractivity contribution is -0.144. The molecule has 1 aliphatic carbocycles. The van der Waals surface area contributed by atoms with Crippen LogP contribution in [0, 0.1) is 5.41 Å². The molecule has 3 aliphatic rings. The number of carbonyl (C=O) groups is 5. The molecule has 3 fully saturated rings. The summed E-state index contributed by atoms with van der Waals surface area (Å²) < 4.78 is 5.96.